The molecule has 1 rings (SSSR count). The molecule has 8 heteroatoms. The van der Waals surface area contributed by atoms with Crippen LogP contribution >= 0.6 is 0 Å². The Kier molecular flexibility index (Phi) is 10.6. The molecule has 0 spiro atoms. The van der Waals surface area contributed by atoms with Gasteiger partial charge in [-0.3, -0.25) is 0 Å². The fourth-order valence-electron chi connectivity index (χ4n) is 1.29. The first-order valence-electron chi connectivity index (χ1n) is 5.01. The maximum absolute atomic E-state index is 9.51. The van der Waals surface area contributed by atoms with Crippen LogP contribution in [0.5, 0.6) is 0 Å². The van der Waals surface area contributed by atoms with E-state index in [0.717, 1.165) is 12.8 Å². The van der Waals surface area contributed by atoms with Crippen LogP contribution < -0.4 is 11.5 Å². The molecule has 0 saturated heterocycles. The normalized spacial score (nSPS) is 23.1. The van der Waals surface area contributed by atoms with E-state index in [1.807, 2.05) is 0 Å². The van der Waals surface area contributed by atoms with Crippen molar-refractivity contribution in [1.29, 1.82) is 0 Å². The molecule has 0 amide bonds. The predicted octanol–water partition coefficient (Wildman–Crippen LogP) is -1.27. The smallest absolute Gasteiger partial charge is 0.344 e. The zero-order valence-corrected chi connectivity index (χ0v) is 11.5. The number of aliphatic carboxylic acids is 2. The minimum absolute atomic E-state index is 0. The molecule has 7 nitrogen and oxygen atoms in total. The second-order valence-electron chi connectivity index (χ2n) is 3.69. The van der Waals surface area contributed by atoms with Crippen molar-refractivity contribution in [3.8, 4) is 0 Å². The van der Waals surface area contributed by atoms with Crippen molar-refractivity contribution in [2.45, 2.75) is 43.9 Å². The van der Waals surface area contributed by atoms with Crippen molar-refractivity contribution in [2.75, 3.05) is 0 Å². The van der Waals surface area contributed by atoms with Crippen LogP contribution in [0.15, 0.2) is 0 Å². The number of carboxylic acids is 2. The summed E-state index contributed by atoms with van der Waals surface area (Å²) in [4.78, 5) is 19.0. The average molecular weight is 429 g/mol. The predicted molar refractivity (Wildman–Crippen MR) is 55.7 cm³/mol. The summed E-state index contributed by atoms with van der Waals surface area (Å²) < 4.78 is 0. The van der Waals surface area contributed by atoms with E-state index in [2.05, 4.69) is 0 Å². The first kappa shape index (κ1) is 18.9. The molecular weight excluding hydrogens is 411 g/mol. The maximum Gasteiger partial charge on any atom is 0.344 e. The molecule has 0 heterocycles. The average Bonchev–Trinajstić information content (AvgIpc) is 2.22. The van der Waals surface area contributed by atoms with Crippen LogP contribution in [0.25, 0.3) is 0 Å². The molecular formula is C9H18N2O5Pt. The zero-order chi connectivity index (χ0) is 12.7. The molecule has 0 aromatic heterocycles. The number of aliphatic hydroxyl groups is 1. The van der Waals surface area contributed by atoms with E-state index in [1.54, 1.807) is 0 Å². The van der Waals surface area contributed by atoms with E-state index in [9.17, 15) is 9.59 Å². The van der Waals surface area contributed by atoms with Crippen molar-refractivity contribution < 1.29 is 46.0 Å². The van der Waals surface area contributed by atoms with Crippen molar-refractivity contribution in [3.63, 3.8) is 0 Å². The molecule has 17 heavy (non-hydrogen) atoms. The van der Waals surface area contributed by atoms with Crippen LogP contribution in [0.2, 0.25) is 0 Å². The van der Waals surface area contributed by atoms with Gasteiger partial charge in [-0.1, -0.05) is 12.8 Å². The van der Waals surface area contributed by atoms with E-state index in [-0.39, 0.29) is 33.1 Å². The molecule has 1 fully saturated rings. The number of carbonyl (C=O) groups is 2. The molecule has 1 aliphatic carbocycles. The minimum atomic E-state index is -2.30. The number of carboxylic acid groups (broad SMARTS) is 2. The maximum atomic E-state index is 9.51. The Morgan fingerprint density at radius 1 is 1.00 bits per heavy atom. The van der Waals surface area contributed by atoms with E-state index in [1.165, 1.54) is 12.8 Å². The fraction of sp³-hybridized carbons (Fsp3) is 0.778. The third-order valence-corrected chi connectivity index (χ3v) is 2.34. The van der Waals surface area contributed by atoms with Gasteiger partial charge in [0.2, 0.25) is 6.10 Å². The van der Waals surface area contributed by atoms with Gasteiger partial charge in [0.05, 0.1) is 0 Å². The summed E-state index contributed by atoms with van der Waals surface area (Å²) in [5.74, 6) is -3.50. The number of nitrogens with two attached hydrogens (primary N) is 2. The van der Waals surface area contributed by atoms with E-state index >= 15 is 0 Å². The van der Waals surface area contributed by atoms with Gasteiger partial charge in [0, 0.05) is 33.1 Å². The molecule has 0 aromatic rings. The second kappa shape index (κ2) is 9.53. The fourth-order valence-corrected chi connectivity index (χ4v) is 1.29. The van der Waals surface area contributed by atoms with Crippen molar-refractivity contribution in [1.82, 2.24) is 0 Å². The molecule has 0 radical (unpaired) electrons. The number of hydrogen-bond acceptors (Lipinski definition) is 5. The summed E-state index contributed by atoms with van der Waals surface area (Å²) in [6, 6.07) is 0.562. The molecule has 0 bridgehead atoms. The van der Waals surface area contributed by atoms with E-state index < -0.39 is 18.0 Å². The third kappa shape index (κ3) is 8.26. The van der Waals surface area contributed by atoms with Crippen LogP contribution in [0.4, 0.5) is 0 Å². The van der Waals surface area contributed by atoms with E-state index in [0.29, 0.717) is 0 Å². The summed E-state index contributed by atoms with van der Waals surface area (Å²) in [5, 5.41) is 23.4. The van der Waals surface area contributed by atoms with Gasteiger partial charge in [0.15, 0.2) is 0 Å². The number of rotatable bonds is 2. The second-order valence-corrected chi connectivity index (χ2v) is 3.69. The molecule has 2 unspecified atom stereocenters. The van der Waals surface area contributed by atoms with Gasteiger partial charge >= 0.3 is 11.9 Å². The molecule has 1 saturated carbocycles. The SMILES string of the molecule is NC1CCCCC1N.O=C(O)C(O)C(=O)O.[Pt]. The Balaban J connectivity index is 0. The summed E-state index contributed by atoms with van der Waals surface area (Å²) in [7, 11) is 0. The van der Waals surface area contributed by atoms with Crippen molar-refractivity contribution >= 4 is 11.9 Å². The van der Waals surface area contributed by atoms with Crippen LogP contribution in [0.3, 0.4) is 0 Å². The standard InChI is InChI=1S/C6H14N2.C3H4O5.Pt/c7-5-3-1-2-4-6(5)8;4-1(2(5)6)3(7)8;/h5-6H,1-4,7-8H2;1,4H,(H,5,6)(H,7,8);. The van der Waals surface area contributed by atoms with Gasteiger partial charge in [0.1, 0.15) is 0 Å². The summed E-state index contributed by atoms with van der Waals surface area (Å²) in [5.41, 5.74) is 11.3. The largest absolute Gasteiger partial charge is 0.479 e. The summed E-state index contributed by atoms with van der Waals surface area (Å²) in [6.07, 6.45) is 2.50. The Bertz CT molecular complexity index is 228. The number of hydrogen-bond donors (Lipinski definition) is 5. The molecule has 0 aromatic carbocycles. The van der Waals surface area contributed by atoms with Gasteiger partial charge < -0.3 is 26.8 Å². The molecule has 104 valence electrons. The molecule has 2 atom stereocenters. The van der Waals surface area contributed by atoms with E-state index in [4.69, 9.17) is 26.8 Å². The number of aliphatic hydroxyl groups excluding tert-OH is 1. The molecule has 7 N–H and O–H groups in total. The van der Waals surface area contributed by atoms with Gasteiger partial charge in [-0.05, 0) is 12.8 Å². The summed E-state index contributed by atoms with van der Waals surface area (Å²) in [6.45, 7) is 0. The topological polar surface area (TPSA) is 147 Å². The van der Waals surface area contributed by atoms with Crippen LogP contribution in [0, 0.1) is 0 Å². The Morgan fingerprint density at radius 2 is 1.29 bits per heavy atom. The Labute approximate surface area is 113 Å². The minimum Gasteiger partial charge on any atom is -0.479 e. The Morgan fingerprint density at radius 3 is 1.41 bits per heavy atom. The molecule has 1 aliphatic rings. The van der Waals surface area contributed by atoms with Gasteiger partial charge in [0.25, 0.3) is 0 Å². The van der Waals surface area contributed by atoms with Crippen molar-refractivity contribution in [2.24, 2.45) is 11.5 Å². The quantitative estimate of drug-likeness (QED) is 0.344. The third-order valence-electron chi connectivity index (χ3n) is 2.34. The van der Waals surface area contributed by atoms with Gasteiger partial charge in [-0.2, -0.15) is 0 Å². The Hall–Kier alpha value is -0.492. The van der Waals surface area contributed by atoms with Gasteiger partial charge in [-0.15, -0.1) is 0 Å². The first-order valence-corrected chi connectivity index (χ1v) is 5.01. The first-order chi connectivity index (χ1) is 7.36. The monoisotopic (exact) mass is 429 g/mol. The zero-order valence-electron chi connectivity index (χ0n) is 9.19. The summed E-state index contributed by atoms with van der Waals surface area (Å²) >= 11 is 0. The van der Waals surface area contributed by atoms with Gasteiger partial charge in [-0.25, -0.2) is 9.59 Å². The van der Waals surface area contributed by atoms with Crippen LogP contribution in [-0.2, 0) is 30.7 Å². The molecule has 0 aliphatic heterocycles. The van der Waals surface area contributed by atoms with Crippen molar-refractivity contribution in [3.05, 3.63) is 0 Å². The van der Waals surface area contributed by atoms with Crippen LogP contribution in [0.1, 0.15) is 25.7 Å². The van der Waals surface area contributed by atoms with Crippen LogP contribution in [-0.4, -0.2) is 45.4 Å².